The molecule has 0 radical (unpaired) electrons. The average molecular weight is 491 g/mol. The molecule has 7 nitrogen and oxygen atoms in total. The molecule has 9 heteroatoms. The van der Waals surface area contributed by atoms with E-state index in [1.165, 1.54) is 30.6 Å². The minimum atomic E-state index is -0.213. The van der Waals surface area contributed by atoms with Crippen molar-refractivity contribution in [2.24, 2.45) is 0 Å². The first-order valence-electron chi connectivity index (χ1n) is 11.8. The summed E-state index contributed by atoms with van der Waals surface area (Å²) in [5, 5.41) is 12.4. The first-order valence-corrected chi connectivity index (χ1v) is 13.0. The Kier molecular flexibility index (Phi) is 8.45. The summed E-state index contributed by atoms with van der Waals surface area (Å²) >= 11 is 7.28. The minimum Gasteiger partial charge on any atom is -0.486 e. The predicted molar refractivity (Wildman–Crippen MR) is 130 cm³/mol. The van der Waals surface area contributed by atoms with Crippen molar-refractivity contribution < 1.29 is 14.3 Å². The van der Waals surface area contributed by atoms with E-state index in [4.69, 9.17) is 16.3 Å². The molecule has 3 amide bonds. The number of carbonyl (C=O) groups excluding carboxylic acids is 2. The van der Waals surface area contributed by atoms with E-state index >= 15 is 0 Å². The molecule has 0 aliphatic heterocycles. The lowest BCUT2D eigenvalue weighted by Gasteiger charge is -2.33. The van der Waals surface area contributed by atoms with Crippen LogP contribution in [0.2, 0.25) is 5.02 Å². The summed E-state index contributed by atoms with van der Waals surface area (Å²) in [5.41, 5.74) is 0.380. The molecule has 2 aliphatic rings. The molecule has 4 rings (SSSR count). The van der Waals surface area contributed by atoms with Gasteiger partial charge in [0.2, 0.25) is 0 Å². The van der Waals surface area contributed by atoms with Crippen LogP contribution in [0.25, 0.3) is 0 Å². The maximum Gasteiger partial charge on any atom is 0.315 e. The Morgan fingerprint density at radius 1 is 0.939 bits per heavy atom. The highest BCUT2D eigenvalue weighted by Gasteiger charge is 2.29. The zero-order valence-corrected chi connectivity index (χ0v) is 20.2. The van der Waals surface area contributed by atoms with E-state index in [9.17, 15) is 9.59 Å². The van der Waals surface area contributed by atoms with Crippen LogP contribution in [0.3, 0.4) is 0 Å². The van der Waals surface area contributed by atoms with E-state index in [1.807, 2.05) is 0 Å². The lowest BCUT2D eigenvalue weighted by molar-refractivity contribution is 0.0911. The lowest BCUT2D eigenvalue weighted by atomic mass is 9.90. The molecular formula is C24H31ClN4O3S. The summed E-state index contributed by atoms with van der Waals surface area (Å²) in [6.45, 7) is 0.286. The second kappa shape index (κ2) is 11.7. The average Bonchev–Trinajstić information content (AvgIpc) is 3.30. The quantitative estimate of drug-likeness (QED) is 0.506. The van der Waals surface area contributed by atoms with Crippen LogP contribution in [0, 0.1) is 0 Å². The van der Waals surface area contributed by atoms with Gasteiger partial charge in [0, 0.05) is 22.5 Å². The second-order valence-corrected chi connectivity index (χ2v) is 10.2. The Morgan fingerprint density at radius 3 is 2.33 bits per heavy atom. The van der Waals surface area contributed by atoms with Crippen LogP contribution in [0.15, 0.2) is 29.6 Å². The molecule has 0 bridgehead atoms. The molecular weight excluding hydrogens is 460 g/mol. The molecule has 1 aromatic heterocycles. The first-order chi connectivity index (χ1) is 16.1. The van der Waals surface area contributed by atoms with Crippen LogP contribution >= 0.6 is 22.9 Å². The van der Waals surface area contributed by atoms with Crippen molar-refractivity contribution in [2.45, 2.75) is 82.5 Å². The van der Waals surface area contributed by atoms with Crippen LogP contribution in [-0.4, -0.2) is 35.0 Å². The molecule has 0 unspecified atom stereocenters. The van der Waals surface area contributed by atoms with E-state index in [0.717, 1.165) is 43.5 Å². The van der Waals surface area contributed by atoms with Gasteiger partial charge in [-0.1, -0.05) is 43.7 Å². The number of halogens is 1. The highest BCUT2D eigenvalue weighted by atomic mass is 35.5. The monoisotopic (exact) mass is 490 g/mol. The number of ether oxygens (including phenoxy) is 1. The van der Waals surface area contributed by atoms with E-state index < -0.39 is 0 Å². The fourth-order valence-corrected chi connectivity index (χ4v) is 5.33. The Hall–Kier alpha value is -2.32. The summed E-state index contributed by atoms with van der Waals surface area (Å²) in [7, 11) is 0. The molecule has 2 aliphatic carbocycles. The molecule has 2 atom stereocenters. The molecule has 1 aromatic carbocycles. The van der Waals surface area contributed by atoms with Gasteiger partial charge in [-0.25, -0.2) is 9.78 Å². The standard InChI is InChI=1S/C24H31ClN4O3S/c25-16-10-12-18(13-11-16)32-14-22-27-21(15-33-22)23(30)28-19-8-4-5-9-20(19)29-24(31)26-17-6-2-1-3-7-17/h10-13,15,17,19-20H,1-9,14H2,(H,28,30)(H2,26,29,31)/t19-,20+/m1/s1. The van der Waals surface area contributed by atoms with Gasteiger partial charge in [0.1, 0.15) is 23.1 Å². The number of rotatable bonds is 7. The number of hydrogen-bond donors (Lipinski definition) is 3. The number of thiazole rings is 1. The SMILES string of the molecule is O=C(NC1CCCCC1)N[C@H]1CCCC[C@H]1NC(=O)c1csc(COc2ccc(Cl)cc2)n1. The number of aromatic nitrogens is 1. The van der Waals surface area contributed by atoms with Crippen molar-refractivity contribution in [1.29, 1.82) is 0 Å². The normalized spacial score (nSPS) is 21.2. The van der Waals surface area contributed by atoms with Gasteiger partial charge in [0.15, 0.2) is 0 Å². The zero-order valence-electron chi connectivity index (χ0n) is 18.6. The Labute approximate surface area is 203 Å². The summed E-state index contributed by atoms with van der Waals surface area (Å²) < 4.78 is 5.72. The fraction of sp³-hybridized carbons (Fsp3) is 0.542. The van der Waals surface area contributed by atoms with Gasteiger partial charge in [0.25, 0.3) is 5.91 Å². The maximum absolute atomic E-state index is 12.8. The third-order valence-corrected chi connectivity index (χ3v) is 7.37. The number of hydrogen-bond acceptors (Lipinski definition) is 5. The topological polar surface area (TPSA) is 92.4 Å². The Balaban J connectivity index is 1.27. The Morgan fingerprint density at radius 2 is 1.61 bits per heavy atom. The molecule has 178 valence electrons. The summed E-state index contributed by atoms with van der Waals surface area (Å²) in [4.78, 5) is 29.8. The number of urea groups is 1. The number of nitrogens with zero attached hydrogens (tertiary/aromatic N) is 1. The van der Waals surface area contributed by atoms with Gasteiger partial charge >= 0.3 is 6.03 Å². The third-order valence-electron chi connectivity index (χ3n) is 6.30. The maximum atomic E-state index is 12.8. The molecule has 3 N–H and O–H groups in total. The molecule has 0 saturated heterocycles. The van der Waals surface area contributed by atoms with Gasteiger partial charge in [0.05, 0.1) is 6.04 Å². The van der Waals surface area contributed by atoms with E-state index in [1.54, 1.807) is 29.6 Å². The summed E-state index contributed by atoms with van der Waals surface area (Å²) in [5.74, 6) is 0.485. The van der Waals surface area contributed by atoms with Gasteiger partial charge < -0.3 is 20.7 Å². The largest absolute Gasteiger partial charge is 0.486 e. The third kappa shape index (κ3) is 7.08. The molecule has 0 spiro atoms. The lowest BCUT2D eigenvalue weighted by Crippen LogP contribution is -2.56. The number of benzene rings is 1. The highest BCUT2D eigenvalue weighted by Crippen LogP contribution is 2.21. The highest BCUT2D eigenvalue weighted by molar-refractivity contribution is 7.09. The van der Waals surface area contributed by atoms with E-state index in [2.05, 4.69) is 20.9 Å². The van der Waals surface area contributed by atoms with Gasteiger partial charge in [-0.2, -0.15) is 0 Å². The number of amides is 3. The van der Waals surface area contributed by atoms with Crippen molar-refractivity contribution in [3.8, 4) is 5.75 Å². The van der Waals surface area contributed by atoms with Crippen molar-refractivity contribution >= 4 is 34.9 Å². The van der Waals surface area contributed by atoms with Crippen LogP contribution in [0.1, 0.15) is 73.3 Å². The van der Waals surface area contributed by atoms with E-state index in [-0.39, 0.29) is 36.7 Å². The summed E-state index contributed by atoms with van der Waals surface area (Å²) in [6.07, 6.45) is 9.48. The van der Waals surface area contributed by atoms with Crippen LogP contribution < -0.4 is 20.7 Å². The van der Waals surface area contributed by atoms with Gasteiger partial charge in [-0.3, -0.25) is 4.79 Å². The Bertz CT molecular complexity index is 930. The minimum absolute atomic E-state index is 0.0716. The summed E-state index contributed by atoms with van der Waals surface area (Å²) in [6, 6.07) is 7.09. The molecule has 2 saturated carbocycles. The van der Waals surface area contributed by atoms with Crippen molar-refractivity contribution in [3.05, 3.63) is 45.4 Å². The van der Waals surface area contributed by atoms with E-state index in [0.29, 0.717) is 16.5 Å². The van der Waals surface area contributed by atoms with Crippen LogP contribution in [0.5, 0.6) is 5.75 Å². The van der Waals surface area contributed by atoms with Crippen molar-refractivity contribution in [3.63, 3.8) is 0 Å². The van der Waals surface area contributed by atoms with Crippen LogP contribution in [-0.2, 0) is 6.61 Å². The fourth-order valence-electron chi connectivity index (χ4n) is 4.52. The van der Waals surface area contributed by atoms with Crippen molar-refractivity contribution in [1.82, 2.24) is 20.9 Å². The second-order valence-electron chi connectivity index (χ2n) is 8.79. The number of nitrogens with one attached hydrogen (secondary N) is 3. The van der Waals surface area contributed by atoms with Crippen molar-refractivity contribution in [2.75, 3.05) is 0 Å². The smallest absolute Gasteiger partial charge is 0.315 e. The van der Waals surface area contributed by atoms with Gasteiger partial charge in [-0.05, 0) is 49.9 Å². The molecule has 1 heterocycles. The predicted octanol–water partition coefficient (Wildman–Crippen LogP) is 5.05. The zero-order chi connectivity index (χ0) is 23.0. The first kappa shape index (κ1) is 23.8. The molecule has 2 aromatic rings. The van der Waals surface area contributed by atoms with Gasteiger partial charge in [-0.15, -0.1) is 11.3 Å². The van der Waals surface area contributed by atoms with Crippen LogP contribution in [0.4, 0.5) is 4.79 Å². The molecule has 33 heavy (non-hydrogen) atoms. The molecule has 2 fully saturated rings. The number of carbonyl (C=O) groups is 2.